The molecule has 1 N–H and O–H groups in total. The third kappa shape index (κ3) is 4.93. The number of hydrogen-bond donors (Lipinski definition) is 1. The molecular weight excluding hydrogens is 368 g/mol. The number of carbonyl (C=O) groups is 1. The number of carbonyl (C=O) groups excluding carboxylic acids is 1. The number of furan rings is 1. The summed E-state index contributed by atoms with van der Waals surface area (Å²) in [6, 6.07) is 7.87. The van der Waals surface area contributed by atoms with E-state index in [1.165, 1.54) is 5.56 Å². The molecule has 6 nitrogen and oxygen atoms in total. The maximum atomic E-state index is 12.4. The Morgan fingerprint density at radius 2 is 1.90 bits per heavy atom. The Morgan fingerprint density at radius 1 is 1.14 bits per heavy atom. The number of piperidine rings is 1. The Morgan fingerprint density at radius 3 is 2.52 bits per heavy atom. The van der Waals surface area contributed by atoms with Gasteiger partial charge in [0.2, 0.25) is 0 Å². The fourth-order valence-electron chi connectivity index (χ4n) is 3.72. The number of ether oxygens (including phenoxy) is 2. The average Bonchev–Trinajstić information content (AvgIpc) is 3.47. The summed E-state index contributed by atoms with van der Waals surface area (Å²) in [4.78, 5) is 14.8. The van der Waals surface area contributed by atoms with Gasteiger partial charge in [-0.2, -0.15) is 0 Å². The number of aryl methyl sites for hydroxylation is 2. The molecule has 0 atom stereocenters. The highest BCUT2D eigenvalue weighted by Gasteiger charge is 2.26. The van der Waals surface area contributed by atoms with Gasteiger partial charge in [-0.1, -0.05) is 0 Å². The summed E-state index contributed by atoms with van der Waals surface area (Å²) in [6.45, 7) is 6.82. The maximum Gasteiger partial charge on any atom is 0.251 e. The van der Waals surface area contributed by atoms with Crippen molar-refractivity contribution < 1.29 is 18.7 Å². The van der Waals surface area contributed by atoms with E-state index in [9.17, 15) is 4.79 Å². The molecule has 4 rings (SSSR count). The lowest BCUT2D eigenvalue weighted by Gasteiger charge is -2.31. The SMILES string of the molecule is COc1ccc(C(=O)NC2CC2)cc1OC1CCN(Cc2cc(C)c(C)o2)CC1. The molecule has 2 aliphatic rings. The first-order chi connectivity index (χ1) is 14.0. The Balaban J connectivity index is 1.34. The van der Waals surface area contributed by atoms with E-state index in [1.807, 2.05) is 13.0 Å². The zero-order valence-corrected chi connectivity index (χ0v) is 17.5. The molecule has 1 saturated carbocycles. The predicted octanol–water partition coefficient (Wildman–Crippen LogP) is 3.84. The molecule has 1 aliphatic heterocycles. The van der Waals surface area contributed by atoms with Crippen LogP contribution in [0.4, 0.5) is 0 Å². The fourth-order valence-corrected chi connectivity index (χ4v) is 3.72. The zero-order chi connectivity index (χ0) is 20.4. The largest absolute Gasteiger partial charge is 0.493 e. The van der Waals surface area contributed by atoms with Crippen LogP contribution in [0.1, 0.15) is 53.1 Å². The van der Waals surface area contributed by atoms with Crippen LogP contribution in [0.2, 0.25) is 0 Å². The van der Waals surface area contributed by atoms with Crippen LogP contribution in [0.15, 0.2) is 28.7 Å². The van der Waals surface area contributed by atoms with Gasteiger partial charge in [0.15, 0.2) is 11.5 Å². The highest BCUT2D eigenvalue weighted by atomic mass is 16.5. The second-order valence-corrected chi connectivity index (χ2v) is 8.16. The van der Waals surface area contributed by atoms with Crippen LogP contribution in [-0.2, 0) is 6.54 Å². The van der Waals surface area contributed by atoms with Gasteiger partial charge in [0.1, 0.15) is 17.6 Å². The van der Waals surface area contributed by atoms with Crippen molar-refractivity contribution in [2.45, 2.75) is 58.2 Å². The van der Waals surface area contributed by atoms with E-state index in [1.54, 1.807) is 19.2 Å². The average molecular weight is 399 g/mol. The lowest BCUT2D eigenvalue weighted by molar-refractivity contribution is 0.0895. The summed E-state index contributed by atoms with van der Waals surface area (Å²) in [7, 11) is 1.63. The van der Waals surface area contributed by atoms with Crippen molar-refractivity contribution in [1.82, 2.24) is 10.2 Å². The first-order valence-electron chi connectivity index (χ1n) is 10.5. The first kappa shape index (κ1) is 19.8. The highest BCUT2D eigenvalue weighted by Crippen LogP contribution is 2.31. The van der Waals surface area contributed by atoms with E-state index in [0.29, 0.717) is 23.1 Å². The molecule has 29 heavy (non-hydrogen) atoms. The van der Waals surface area contributed by atoms with Crippen LogP contribution in [0.3, 0.4) is 0 Å². The van der Waals surface area contributed by atoms with Crippen LogP contribution in [0.25, 0.3) is 0 Å². The van der Waals surface area contributed by atoms with Gasteiger partial charge >= 0.3 is 0 Å². The predicted molar refractivity (Wildman–Crippen MR) is 111 cm³/mol. The first-order valence-corrected chi connectivity index (χ1v) is 10.5. The third-order valence-corrected chi connectivity index (χ3v) is 5.76. The third-order valence-electron chi connectivity index (χ3n) is 5.76. The summed E-state index contributed by atoms with van der Waals surface area (Å²) >= 11 is 0. The second kappa shape index (κ2) is 8.49. The van der Waals surface area contributed by atoms with Gasteiger partial charge in [0, 0.05) is 24.7 Å². The smallest absolute Gasteiger partial charge is 0.251 e. The molecule has 1 aromatic heterocycles. The van der Waals surface area contributed by atoms with E-state index in [0.717, 1.165) is 56.8 Å². The van der Waals surface area contributed by atoms with Crippen molar-refractivity contribution in [3.63, 3.8) is 0 Å². The van der Waals surface area contributed by atoms with E-state index in [-0.39, 0.29) is 12.0 Å². The van der Waals surface area contributed by atoms with E-state index in [2.05, 4.69) is 23.2 Å². The van der Waals surface area contributed by atoms with Gasteiger partial charge in [-0.05, 0) is 69.4 Å². The number of methoxy groups -OCH3 is 1. The highest BCUT2D eigenvalue weighted by molar-refractivity contribution is 5.95. The lowest BCUT2D eigenvalue weighted by Crippen LogP contribution is -2.37. The van der Waals surface area contributed by atoms with Crippen molar-refractivity contribution >= 4 is 5.91 Å². The summed E-state index contributed by atoms with van der Waals surface area (Å²) in [6.07, 6.45) is 4.12. The van der Waals surface area contributed by atoms with Crippen molar-refractivity contribution in [1.29, 1.82) is 0 Å². The number of nitrogens with zero attached hydrogens (tertiary/aromatic N) is 1. The molecule has 2 aromatic rings. The number of likely N-dealkylation sites (tertiary alicyclic amines) is 1. The molecule has 1 amide bonds. The molecule has 156 valence electrons. The van der Waals surface area contributed by atoms with Crippen molar-refractivity contribution in [2.75, 3.05) is 20.2 Å². The molecule has 1 aliphatic carbocycles. The molecule has 0 unspecified atom stereocenters. The number of nitrogens with one attached hydrogen (secondary N) is 1. The van der Waals surface area contributed by atoms with Gasteiger partial charge in [-0.15, -0.1) is 0 Å². The fraction of sp³-hybridized carbons (Fsp3) is 0.522. The van der Waals surface area contributed by atoms with Crippen molar-refractivity contribution in [3.05, 3.63) is 46.9 Å². The van der Waals surface area contributed by atoms with Gasteiger partial charge in [-0.25, -0.2) is 0 Å². The van der Waals surface area contributed by atoms with Crippen molar-refractivity contribution in [3.8, 4) is 11.5 Å². The van der Waals surface area contributed by atoms with Crippen LogP contribution < -0.4 is 14.8 Å². The number of benzene rings is 1. The van der Waals surface area contributed by atoms with Crippen LogP contribution in [0.5, 0.6) is 11.5 Å². The van der Waals surface area contributed by atoms with E-state index in [4.69, 9.17) is 13.9 Å². The zero-order valence-electron chi connectivity index (χ0n) is 17.5. The van der Waals surface area contributed by atoms with Gasteiger partial charge in [0.05, 0.1) is 13.7 Å². The molecule has 6 heteroatoms. The van der Waals surface area contributed by atoms with E-state index < -0.39 is 0 Å². The number of rotatable bonds is 7. The Kier molecular flexibility index (Phi) is 5.81. The maximum absolute atomic E-state index is 12.4. The summed E-state index contributed by atoms with van der Waals surface area (Å²) in [5, 5.41) is 3.02. The van der Waals surface area contributed by atoms with Crippen molar-refractivity contribution in [2.24, 2.45) is 0 Å². The lowest BCUT2D eigenvalue weighted by atomic mass is 10.1. The minimum atomic E-state index is -0.0427. The quantitative estimate of drug-likeness (QED) is 0.768. The normalized spacial score (nSPS) is 17.9. The molecular formula is C23H30N2O4. The summed E-state index contributed by atoms with van der Waals surface area (Å²) < 4.78 is 17.5. The van der Waals surface area contributed by atoms with E-state index >= 15 is 0 Å². The Bertz CT molecular complexity index is 844. The van der Waals surface area contributed by atoms with Gasteiger partial charge in [-0.3, -0.25) is 9.69 Å². The van der Waals surface area contributed by atoms with Gasteiger partial charge < -0.3 is 19.2 Å². The number of amides is 1. The van der Waals surface area contributed by atoms with Crippen LogP contribution in [-0.4, -0.2) is 43.2 Å². The van der Waals surface area contributed by atoms with Gasteiger partial charge in [0.25, 0.3) is 5.91 Å². The molecule has 1 aromatic carbocycles. The minimum absolute atomic E-state index is 0.0427. The second-order valence-electron chi connectivity index (χ2n) is 8.16. The number of hydrogen-bond acceptors (Lipinski definition) is 5. The molecule has 2 fully saturated rings. The molecule has 2 heterocycles. The molecule has 0 radical (unpaired) electrons. The van der Waals surface area contributed by atoms with Crippen LogP contribution in [0, 0.1) is 13.8 Å². The minimum Gasteiger partial charge on any atom is -0.493 e. The molecule has 0 spiro atoms. The summed E-state index contributed by atoms with van der Waals surface area (Å²) in [5.74, 6) is 3.29. The van der Waals surface area contributed by atoms with Crippen LogP contribution >= 0.6 is 0 Å². The monoisotopic (exact) mass is 398 g/mol. The Labute approximate surface area is 172 Å². The molecule has 0 bridgehead atoms. The Hall–Kier alpha value is -2.47. The summed E-state index contributed by atoms with van der Waals surface area (Å²) in [5.41, 5.74) is 1.82. The molecule has 1 saturated heterocycles. The topological polar surface area (TPSA) is 63.9 Å². The standard InChI is InChI=1S/C23H30N2O4/c1-15-12-20(28-16(15)2)14-25-10-8-19(9-11-25)29-22-13-17(4-7-21(22)27-3)23(26)24-18-5-6-18/h4,7,12-13,18-19H,5-6,8-11,14H2,1-3H3,(H,24,26).